The fourth-order valence-corrected chi connectivity index (χ4v) is 1.51. The molecule has 0 saturated heterocycles. The van der Waals surface area contributed by atoms with Crippen molar-refractivity contribution in [2.24, 2.45) is 0 Å². The van der Waals surface area contributed by atoms with Crippen molar-refractivity contribution in [3.8, 4) is 0 Å². The first kappa shape index (κ1) is 13.6. The van der Waals surface area contributed by atoms with Crippen LogP contribution < -0.4 is 0 Å². The topological polar surface area (TPSA) is 40.5 Å². The van der Waals surface area contributed by atoms with Crippen molar-refractivity contribution in [3.05, 3.63) is 35.4 Å². The lowest BCUT2D eigenvalue weighted by Crippen LogP contribution is -2.26. The first-order valence-electron chi connectivity index (χ1n) is 5.41. The Kier molecular flexibility index (Phi) is 5.03. The number of benzene rings is 1. The Balaban J connectivity index is 2.70. The fraction of sp³-hybridized carbons (Fsp3) is 0.417. The van der Waals surface area contributed by atoms with Gasteiger partial charge in [-0.25, -0.2) is 8.78 Å². The minimum Gasteiger partial charge on any atom is -0.481 e. The Morgan fingerprint density at radius 1 is 1.35 bits per heavy atom. The van der Waals surface area contributed by atoms with Gasteiger partial charge in [0.15, 0.2) is 0 Å². The van der Waals surface area contributed by atoms with Gasteiger partial charge in [-0.1, -0.05) is 13.0 Å². The lowest BCUT2D eigenvalue weighted by molar-refractivity contribution is -0.137. The minimum absolute atomic E-state index is 0.0141. The Morgan fingerprint density at radius 2 is 1.94 bits per heavy atom. The maximum absolute atomic E-state index is 13.4. The van der Waals surface area contributed by atoms with Gasteiger partial charge >= 0.3 is 5.97 Å². The van der Waals surface area contributed by atoms with Gasteiger partial charge in [0.05, 0.1) is 6.42 Å². The average Bonchev–Trinajstić information content (AvgIpc) is 2.27. The van der Waals surface area contributed by atoms with Crippen LogP contribution >= 0.6 is 0 Å². The highest BCUT2D eigenvalue weighted by atomic mass is 19.1. The zero-order valence-electron chi connectivity index (χ0n) is 9.62. The molecule has 1 aromatic rings. The highest BCUT2D eigenvalue weighted by Crippen LogP contribution is 2.14. The van der Waals surface area contributed by atoms with Crippen molar-refractivity contribution in [1.82, 2.24) is 4.90 Å². The maximum atomic E-state index is 13.4. The third kappa shape index (κ3) is 4.11. The van der Waals surface area contributed by atoms with E-state index in [0.717, 1.165) is 0 Å². The van der Waals surface area contributed by atoms with Crippen LogP contribution in [-0.2, 0) is 11.3 Å². The van der Waals surface area contributed by atoms with E-state index in [4.69, 9.17) is 5.11 Å². The molecule has 0 aliphatic heterocycles. The molecule has 0 aliphatic carbocycles. The molecule has 1 N–H and O–H groups in total. The van der Waals surface area contributed by atoms with Crippen LogP contribution in [-0.4, -0.2) is 29.1 Å². The average molecular weight is 243 g/mol. The molecule has 0 fully saturated rings. The summed E-state index contributed by atoms with van der Waals surface area (Å²) >= 11 is 0. The summed E-state index contributed by atoms with van der Waals surface area (Å²) in [6.45, 7) is 2.73. The Labute approximate surface area is 98.7 Å². The molecule has 0 aromatic heterocycles. The number of rotatable bonds is 6. The molecule has 0 amide bonds. The van der Waals surface area contributed by atoms with Crippen LogP contribution in [0.4, 0.5) is 8.78 Å². The van der Waals surface area contributed by atoms with Gasteiger partial charge in [-0.2, -0.15) is 0 Å². The van der Waals surface area contributed by atoms with E-state index in [2.05, 4.69) is 0 Å². The highest BCUT2D eigenvalue weighted by molar-refractivity contribution is 5.66. The molecule has 0 aliphatic rings. The lowest BCUT2D eigenvalue weighted by Gasteiger charge is -2.20. The number of halogens is 2. The number of carboxylic acids is 1. The van der Waals surface area contributed by atoms with E-state index in [-0.39, 0.29) is 25.1 Å². The van der Waals surface area contributed by atoms with E-state index in [1.807, 2.05) is 6.92 Å². The summed E-state index contributed by atoms with van der Waals surface area (Å²) in [7, 11) is 0. The molecule has 0 atom stereocenters. The summed E-state index contributed by atoms with van der Waals surface area (Å²) in [5, 5.41) is 8.56. The standard InChI is InChI=1S/C12H15F2NO2/c1-2-15(7-6-12(16)17)8-9-10(13)4-3-5-11(9)14/h3-5H,2,6-8H2,1H3,(H,16,17). The van der Waals surface area contributed by atoms with Crippen LogP contribution in [0, 0.1) is 11.6 Å². The van der Waals surface area contributed by atoms with Gasteiger partial charge < -0.3 is 5.11 Å². The van der Waals surface area contributed by atoms with Gasteiger partial charge in [0.1, 0.15) is 11.6 Å². The molecule has 0 radical (unpaired) electrons. The second kappa shape index (κ2) is 6.30. The van der Waals surface area contributed by atoms with Gasteiger partial charge in [-0.15, -0.1) is 0 Å². The van der Waals surface area contributed by atoms with Crippen molar-refractivity contribution < 1.29 is 18.7 Å². The number of aliphatic carboxylic acids is 1. The first-order valence-corrected chi connectivity index (χ1v) is 5.41. The van der Waals surface area contributed by atoms with Crippen molar-refractivity contribution in [1.29, 1.82) is 0 Å². The van der Waals surface area contributed by atoms with E-state index in [0.29, 0.717) is 6.54 Å². The van der Waals surface area contributed by atoms with E-state index < -0.39 is 17.6 Å². The SMILES string of the molecule is CCN(CCC(=O)O)Cc1c(F)cccc1F. The van der Waals surface area contributed by atoms with E-state index in [1.54, 1.807) is 4.90 Å². The quantitative estimate of drug-likeness (QED) is 0.833. The zero-order chi connectivity index (χ0) is 12.8. The molecule has 1 rings (SSSR count). The van der Waals surface area contributed by atoms with Crippen LogP contribution in [0.1, 0.15) is 18.9 Å². The summed E-state index contributed by atoms with van der Waals surface area (Å²) in [6, 6.07) is 3.70. The van der Waals surface area contributed by atoms with E-state index in [9.17, 15) is 13.6 Å². The summed E-state index contributed by atoms with van der Waals surface area (Å²) in [6.07, 6.45) is -0.0378. The van der Waals surface area contributed by atoms with Crippen LogP contribution in [0.25, 0.3) is 0 Å². The van der Waals surface area contributed by atoms with E-state index in [1.165, 1.54) is 18.2 Å². The Bertz CT molecular complexity index is 376. The molecule has 1 aromatic carbocycles. The molecule has 3 nitrogen and oxygen atoms in total. The van der Waals surface area contributed by atoms with Crippen LogP contribution in [0.5, 0.6) is 0 Å². The van der Waals surface area contributed by atoms with Crippen LogP contribution in [0.3, 0.4) is 0 Å². The van der Waals surface area contributed by atoms with Gasteiger partial charge in [-0.05, 0) is 18.7 Å². The van der Waals surface area contributed by atoms with Crippen molar-refractivity contribution in [3.63, 3.8) is 0 Å². The monoisotopic (exact) mass is 243 g/mol. The summed E-state index contributed by atoms with van der Waals surface area (Å²) < 4.78 is 26.7. The second-order valence-corrected chi connectivity index (χ2v) is 3.71. The predicted octanol–water partition coefficient (Wildman–Crippen LogP) is 2.26. The molecule has 0 bridgehead atoms. The normalized spacial score (nSPS) is 10.8. The lowest BCUT2D eigenvalue weighted by atomic mass is 10.2. The van der Waals surface area contributed by atoms with E-state index >= 15 is 0 Å². The number of carboxylic acid groups (broad SMARTS) is 1. The molecule has 0 heterocycles. The summed E-state index contributed by atoms with van der Waals surface area (Å²) in [5.74, 6) is -2.12. The van der Waals surface area contributed by atoms with Crippen LogP contribution in [0.2, 0.25) is 0 Å². The maximum Gasteiger partial charge on any atom is 0.304 e. The minimum atomic E-state index is -0.919. The molecule has 94 valence electrons. The van der Waals surface area contributed by atoms with Crippen molar-refractivity contribution in [2.75, 3.05) is 13.1 Å². The highest BCUT2D eigenvalue weighted by Gasteiger charge is 2.13. The molecule has 5 heteroatoms. The smallest absolute Gasteiger partial charge is 0.304 e. The number of carbonyl (C=O) groups is 1. The van der Waals surface area contributed by atoms with Gasteiger partial charge in [0.2, 0.25) is 0 Å². The Hall–Kier alpha value is -1.49. The third-order valence-electron chi connectivity index (χ3n) is 2.53. The van der Waals surface area contributed by atoms with Crippen molar-refractivity contribution in [2.45, 2.75) is 19.9 Å². The predicted molar refractivity (Wildman–Crippen MR) is 59.6 cm³/mol. The summed E-state index contributed by atoms with van der Waals surface area (Å²) in [4.78, 5) is 12.1. The molecular weight excluding hydrogens is 228 g/mol. The van der Waals surface area contributed by atoms with Gasteiger partial charge in [-0.3, -0.25) is 9.69 Å². The molecule has 17 heavy (non-hydrogen) atoms. The molecule has 0 unspecified atom stereocenters. The second-order valence-electron chi connectivity index (χ2n) is 3.71. The molecule has 0 spiro atoms. The van der Waals surface area contributed by atoms with Gasteiger partial charge in [0.25, 0.3) is 0 Å². The molecule has 0 saturated carbocycles. The Morgan fingerprint density at radius 3 is 2.41 bits per heavy atom. The largest absolute Gasteiger partial charge is 0.481 e. The number of hydrogen-bond acceptors (Lipinski definition) is 2. The first-order chi connectivity index (χ1) is 8.04. The van der Waals surface area contributed by atoms with Gasteiger partial charge in [0, 0.05) is 18.7 Å². The van der Waals surface area contributed by atoms with Crippen LogP contribution in [0.15, 0.2) is 18.2 Å². The third-order valence-corrected chi connectivity index (χ3v) is 2.53. The number of hydrogen-bond donors (Lipinski definition) is 1. The molecular formula is C12H15F2NO2. The summed E-state index contributed by atoms with van der Waals surface area (Å²) in [5.41, 5.74) is -0.0141. The fourth-order valence-electron chi connectivity index (χ4n) is 1.51. The zero-order valence-corrected chi connectivity index (χ0v) is 9.62. The van der Waals surface area contributed by atoms with Crippen molar-refractivity contribution >= 4 is 5.97 Å². The number of nitrogens with zero attached hydrogens (tertiary/aromatic N) is 1.